The van der Waals surface area contributed by atoms with Gasteiger partial charge in [0.25, 0.3) is 5.91 Å². The van der Waals surface area contributed by atoms with E-state index < -0.39 is 5.97 Å². The van der Waals surface area contributed by atoms with Crippen LogP contribution in [0.1, 0.15) is 24.5 Å². The van der Waals surface area contributed by atoms with Crippen LogP contribution in [0.5, 0.6) is 5.75 Å². The van der Waals surface area contributed by atoms with Gasteiger partial charge in [0, 0.05) is 25.2 Å². The molecule has 0 bridgehead atoms. The van der Waals surface area contributed by atoms with Gasteiger partial charge in [-0.2, -0.15) is 5.10 Å². The molecule has 0 saturated carbocycles. The van der Waals surface area contributed by atoms with E-state index in [4.69, 9.17) is 9.84 Å². The number of ether oxygens (including phenoxy) is 1. The van der Waals surface area contributed by atoms with Crippen molar-refractivity contribution in [3.8, 4) is 5.75 Å². The molecule has 1 saturated heterocycles. The number of likely N-dealkylation sites (tertiary alicyclic amines) is 1. The lowest BCUT2D eigenvalue weighted by molar-refractivity contribution is -0.138. The third kappa shape index (κ3) is 4.59. The van der Waals surface area contributed by atoms with Crippen LogP contribution in [-0.2, 0) is 16.1 Å². The van der Waals surface area contributed by atoms with Gasteiger partial charge in [0.05, 0.1) is 5.69 Å². The van der Waals surface area contributed by atoms with Crippen LogP contribution in [0.25, 0.3) is 0 Å². The smallest absolute Gasteiger partial charge is 0.325 e. The van der Waals surface area contributed by atoms with E-state index in [-0.39, 0.29) is 30.8 Å². The van der Waals surface area contributed by atoms with Crippen LogP contribution in [0.15, 0.2) is 36.5 Å². The van der Waals surface area contributed by atoms with Gasteiger partial charge in [-0.15, -0.1) is 0 Å². The first-order valence-electron chi connectivity index (χ1n) is 8.42. The Labute approximate surface area is 150 Å². The molecule has 0 spiro atoms. The number of amides is 1. The molecular formula is C18H20FN3O4. The Morgan fingerprint density at radius 1 is 1.27 bits per heavy atom. The lowest BCUT2D eigenvalue weighted by atomic mass is 9.95. The van der Waals surface area contributed by atoms with Crippen molar-refractivity contribution in [1.82, 2.24) is 14.7 Å². The standard InChI is InChI=1S/C18H20FN3O4/c19-14-3-5-15(6-4-14)26-12-17(23)21-8-1-2-13(10-21)16-7-9-22(20-16)11-18(24)25/h3-7,9,13H,1-2,8,10-12H2,(H,24,25). The van der Waals surface area contributed by atoms with Crippen molar-refractivity contribution in [2.24, 2.45) is 0 Å². The highest BCUT2D eigenvalue weighted by Crippen LogP contribution is 2.25. The normalized spacial score (nSPS) is 17.1. The van der Waals surface area contributed by atoms with Crippen LogP contribution in [0.3, 0.4) is 0 Å². The number of aliphatic carboxylic acids is 1. The molecule has 1 fully saturated rings. The summed E-state index contributed by atoms with van der Waals surface area (Å²) in [5, 5.41) is 13.1. The number of hydrogen-bond acceptors (Lipinski definition) is 4. The molecule has 1 N–H and O–H groups in total. The molecule has 1 aliphatic heterocycles. The molecule has 0 radical (unpaired) electrons. The Kier molecular flexibility index (Phi) is 5.50. The molecule has 1 aliphatic rings. The molecule has 3 rings (SSSR count). The number of halogens is 1. The molecule has 138 valence electrons. The first-order valence-corrected chi connectivity index (χ1v) is 8.42. The van der Waals surface area contributed by atoms with E-state index >= 15 is 0 Å². The molecule has 1 unspecified atom stereocenters. The number of hydrogen-bond donors (Lipinski definition) is 1. The quantitative estimate of drug-likeness (QED) is 0.849. The summed E-state index contributed by atoms with van der Waals surface area (Å²) < 4.78 is 19.7. The molecule has 2 aromatic rings. The maximum Gasteiger partial charge on any atom is 0.325 e. The highest BCUT2D eigenvalue weighted by molar-refractivity contribution is 5.78. The molecule has 1 atom stereocenters. The van der Waals surface area contributed by atoms with Gasteiger partial charge >= 0.3 is 5.97 Å². The van der Waals surface area contributed by atoms with Crippen LogP contribution >= 0.6 is 0 Å². The fraction of sp³-hybridized carbons (Fsp3) is 0.389. The largest absolute Gasteiger partial charge is 0.484 e. The Hall–Kier alpha value is -2.90. The molecule has 1 aromatic heterocycles. The van der Waals surface area contributed by atoms with Crippen molar-refractivity contribution in [2.75, 3.05) is 19.7 Å². The average Bonchev–Trinajstić information content (AvgIpc) is 3.09. The van der Waals surface area contributed by atoms with E-state index in [1.54, 1.807) is 17.2 Å². The number of benzene rings is 1. The number of carbonyl (C=O) groups excluding carboxylic acids is 1. The predicted molar refractivity (Wildman–Crippen MR) is 90.3 cm³/mol. The second-order valence-electron chi connectivity index (χ2n) is 6.25. The fourth-order valence-electron chi connectivity index (χ4n) is 3.03. The summed E-state index contributed by atoms with van der Waals surface area (Å²) in [7, 11) is 0. The van der Waals surface area contributed by atoms with Crippen molar-refractivity contribution in [1.29, 1.82) is 0 Å². The highest BCUT2D eigenvalue weighted by atomic mass is 19.1. The molecule has 8 heteroatoms. The van der Waals surface area contributed by atoms with Crippen molar-refractivity contribution in [3.05, 3.63) is 48.0 Å². The van der Waals surface area contributed by atoms with Gasteiger partial charge in [0.15, 0.2) is 6.61 Å². The molecule has 2 heterocycles. The molecule has 7 nitrogen and oxygen atoms in total. The van der Waals surface area contributed by atoms with Gasteiger partial charge in [-0.05, 0) is 43.2 Å². The van der Waals surface area contributed by atoms with Crippen molar-refractivity contribution < 1.29 is 23.8 Å². The van der Waals surface area contributed by atoms with Crippen LogP contribution < -0.4 is 4.74 Å². The third-order valence-electron chi connectivity index (χ3n) is 4.33. The molecule has 26 heavy (non-hydrogen) atoms. The van der Waals surface area contributed by atoms with E-state index in [0.29, 0.717) is 18.8 Å². The summed E-state index contributed by atoms with van der Waals surface area (Å²) >= 11 is 0. The number of carbonyl (C=O) groups is 2. The second kappa shape index (κ2) is 7.99. The zero-order valence-corrected chi connectivity index (χ0v) is 14.2. The minimum atomic E-state index is -0.946. The molecular weight excluding hydrogens is 341 g/mol. The topological polar surface area (TPSA) is 84.7 Å². The first-order chi connectivity index (χ1) is 12.5. The molecule has 0 aliphatic carbocycles. The van der Waals surface area contributed by atoms with Crippen molar-refractivity contribution in [2.45, 2.75) is 25.3 Å². The molecule has 1 amide bonds. The van der Waals surface area contributed by atoms with Gasteiger partial charge in [-0.25, -0.2) is 4.39 Å². The van der Waals surface area contributed by atoms with Gasteiger partial charge < -0.3 is 14.7 Å². The summed E-state index contributed by atoms with van der Waals surface area (Å²) in [5.41, 5.74) is 0.795. The summed E-state index contributed by atoms with van der Waals surface area (Å²) in [6.07, 6.45) is 3.38. The minimum Gasteiger partial charge on any atom is -0.484 e. The average molecular weight is 361 g/mol. The highest BCUT2D eigenvalue weighted by Gasteiger charge is 2.26. The van der Waals surface area contributed by atoms with E-state index in [1.165, 1.54) is 28.9 Å². The first kappa shape index (κ1) is 17.9. The van der Waals surface area contributed by atoms with Crippen LogP contribution in [0.2, 0.25) is 0 Å². The number of carboxylic acid groups (broad SMARTS) is 1. The molecule has 1 aromatic carbocycles. The minimum absolute atomic E-state index is 0.0774. The maximum atomic E-state index is 12.9. The summed E-state index contributed by atoms with van der Waals surface area (Å²) in [4.78, 5) is 24.9. The summed E-state index contributed by atoms with van der Waals surface area (Å²) in [5.74, 6) is -0.916. The zero-order valence-electron chi connectivity index (χ0n) is 14.2. The lowest BCUT2D eigenvalue weighted by Gasteiger charge is -2.32. The number of rotatable bonds is 6. The Morgan fingerprint density at radius 3 is 2.77 bits per heavy atom. The Bertz CT molecular complexity index is 775. The van der Waals surface area contributed by atoms with Crippen LogP contribution in [0.4, 0.5) is 4.39 Å². The predicted octanol–water partition coefficient (Wildman–Crippen LogP) is 1.89. The van der Waals surface area contributed by atoms with Gasteiger partial charge in [0.2, 0.25) is 0 Å². The zero-order chi connectivity index (χ0) is 18.5. The van der Waals surface area contributed by atoms with Crippen LogP contribution in [0, 0.1) is 5.82 Å². The number of aromatic nitrogens is 2. The lowest BCUT2D eigenvalue weighted by Crippen LogP contribution is -2.41. The van der Waals surface area contributed by atoms with Gasteiger partial charge in [-0.3, -0.25) is 14.3 Å². The maximum absolute atomic E-state index is 12.9. The van der Waals surface area contributed by atoms with E-state index in [9.17, 15) is 14.0 Å². The van der Waals surface area contributed by atoms with Gasteiger partial charge in [-0.1, -0.05) is 0 Å². The number of nitrogens with zero attached hydrogens (tertiary/aromatic N) is 3. The summed E-state index contributed by atoms with van der Waals surface area (Å²) in [6.45, 7) is 0.889. The monoisotopic (exact) mass is 361 g/mol. The second-order valence-corrected chi connectivity index (χ2v) is 6.25. The Balaban J connectivity index is 1.55. The number of carboxylic acids is 1. The Morgan fingerprint density at radius 2 is 2.04 bits per heavy atom. The van der Waals surface area contributed by atoms with Crippen molar-refractivity contribution in [3.63, 3.8) is 0 Å². The SMILES string of the molecule is O=C(O)Cn1ccc(C2CCCN(C(=O)COc3ccc(F)cc3)C2)n1. The summed E-state index contributed by atoms with van der Waals surface area (Å²) in [6, 6.07) is 7.33. The van der Waals surface area contributed by atoms with E-state index in [2.05, 4.69) is 5.10 Å². The number of piperidine rings is 1. The fourth-order valence-corrected chi connectivity index (χ4v) is 3.03. The third-order valence-corrected chi connectivity index (χ3v) is 4.33. The van der Waals surface area contributed by atoms with Gasteiger partial charge in [0.1, 0.15) is 18.1 Å². The van der Waals surface area contributed by atoms with Crippen LogP contribution in [-0.4, -0.2) is 51.4 Å². The van der Waals surface area contributed by atoms with Crippen molar-refractivity contribution >= 4 is 11.9 Å². The van der Waals surface area contributed by atoms with E-state index in [0.717, 1.165) is 18.5 Å². The van der Waals surface area contributed by atoms with E-state index in [1.807, 2.05) is 0 Å².